The molecule has 0 unspecified atom stereocenters. The molecule has 144 valence electrons. The summed E-state index contributed by atoms with van der Waals surface area (Å²) in [6.45, 7) is 6.19. The van der Waals surface area contributed by atoms with Crippen LogP contribution in [-0.2, 0) is 6.54 Å². The Balaban J connectivity index is 1.59. The third kappa shape index (κ3) is 4.97. The standard InChI is InChI=1S/C21H21N3O4/c1-14(2)13-27-18-6-4-5-16(11-18)21(25)22-12-19-23-20(24-28-19)15-7-9-17(26-3)10-8-15/h4-11H,1,12-13H2,2-3H3,(H,22,25). The smallest absolute Gasteiger partial charge is 0.251 e. The lowest BCUT2D eigenvalue weighted by Crippen LogP contribution is -2.23. The van der Waals surface area contributed by atoms with Crippen molar-refractivity contribution in [3.05, 3.63) is 72.1 Å². The van der Waals surface area contributed by atoms with E-state index in [1.807, 2.05) is 31.2 Å². The third-order valence-electron chi connectivity index (χ3n) is 3.80. The van der Waals surface area contributed by atoms with Crippen molar-refractivity contribution >= 4 is 5.91 Å². The monoisotopic (exact) mass is 379 g/mol. The Labute approximate surface area is 163 Å². The fourth-order valence-electron chi connectivity index (χ4n) is 2.38. The van der Waals surface area contributed by atoms with Gasteiger partial charge in [-0.25, -0.2) is 0 Å². The van der Waals surface area contributed by atoms with E-state index in [0.717, 1.165) is 16.9 Å². The molecule has 3 aromatic rings. The van der Waals surface area contributed by atoms with Gasteiger partial charge in [-0.1, -0.05) is 17.8 Å². The predicted molar refractivity (Wildman–Crippen MR) is 104 cm³/mol. The molecule has 0 saturated heterocycles. The van der Waals surface area contributed by atoms with Crippen molar-refractivity contribution in [1.82, 2.24) is 15.5 Å². The van der Waals surface area contributed by atoms with E-state index in [0.29, 0.717) is 29.6 Å². The molecule has 0 aliphatic rings. The molecule has 2 aromatic carbocycles. The molecule has 0 bridgehead atoms. The van der Waals surface area contributed by atoms with Crippen molar-refractivity contribution in [2.45, 2.75) is 13.5 Å². The van der Waals surface area contributed by atoms with Crippen molar-refractivity contribution in [1.29, 1.82) is 0 Å². The van der Waals surface area contributed by atoms with Gasteiger partial charge < -0.3 is 19.3 Å². The van der Waals surface area contributed by atoms with Gasteiger partial charge in [0.15, 0.2) is 0 Å². The zero-order valence-electron chi connectivity index (χ0n) is 15.8. The number of nitrogens with one attached hydrogen (secondary N) is 1. The average Bonchev–Trinajstić information content (AvgIpc) is 3.20. The fraction of sp³-hybridized carbons (Fsp3) is 0.190. The van der Waals surface area contributed by atoms with E-state index in [1.54, 1.807) is 31.4 Å². The van der Waals surface area contributed by atoms with Crippen molar-refractivity contribution in [3.8, 4) is 22.9 Å². The van der Waals surface area contributed by atoms with E-state index in [9.17, 15) is 4.79 Å². The molecule has 1 heterocycles. The van der Waals surface area contributed by atoms with Crippen LogP contribution in [0.3, 0.4) is 0 Å². The van der Waals surface area contributed by atoms with Crippen LogP contribution in [0.5, 0.6) is 11.5 Å². The molecule has 0 spiro atoms. The number of hydrogen-bond donors (Lipinski definition) is 1. The van der Waals surface area contributed by atoms with Crippen molar-refractivity contribution in [3.63, 3.8) is 0 Å². The van der Waals surface area contributed by atoms with Gasteiger partial charge in [0.1, 0.15) is 18.1 Å². The molecule has 0 fully saturated rings. The van der Waals surface area contributed by atoms with Gasteiger partial charge in [-0.15, -0.1) is 0 Å². The van der Waals surface area contributed by atoms with Crippen LogP contribution in [0, 0.1) is 0 Å². The van der Waals surface area contributed by atoms with Gasteiger partial charge in [0, 0.05) is 11.1 Å². The third-order valence-corrected chi connectivity index (χ3v) is 3.80. The molecule has 1 N–H and O–H groups in total. The van der Waals surface area contributed by atoms with Crippen LogP contribution in [-0.4, -0.2) is 29.8 Å². The lowest BCUT2D eigenvalue weighted by atomic mass is 10.2. The minimum absolute atomic E-state index is 0.124. The number of methoxy groups -OCH3 is 1. The van der Waals surface area contributed by atoms with Gasteiger partial charge in [0.25, 0.3) is 5.91 Å². The van der Waals surface area contributed by atoms with E-state index < -0.39 is 0 Å². The number of nitrogens with zero attached hydrogens (tertiary/aromatic N) is 2. The highest BCUT2D eigenvalue weighted by atomic mass is 16.5. The summed E-state index contributed by atoms with van der Waals surface area (Å²) in [7, 11) is 1.60. The first-order valence-electron chi connectivity index (χ1n) is 8.67. The van der Waals surface area contributed by atoms with Gasteiger partial charge >= 0.3 is 0 Å². The summed E-state index contributed by atoms with van der Waals surface area (Å²) in [5.74, 6) is 1.85. The SMILES string of the molecule is C=C(C)COc1cccc(C(=O)NCc2nc(-c3ccc(OC)cc3)no2)c1. The Bertz CT molecular complexity index is 964. The second-order valence-electron chi connectivity index (χ2n) is 6.20. The maximum Gasteiger partial charge on any atom is 0.251 e. The molecule has 0 radical (unpaired) electrons. The zero-order valence-corrected chi connectivity index (χ0v) is 15.8. The van der Waals surface area contributed by atoms with Gasteiger partial charge in [-0.2, -0.15) is 4.98 Å². The summed E-state index contributed by atoms with van der Waals surface area (Å²) in [6.07, 6.45) is 0. The Kier molecular flexibility index (Phi) is 6.06. The topological polar surface area (TPSA) is 86.5 Å². The number of benzene rings is 2. The van der Waals surface area contributed by atoms with Crippen LogP contribution >= 0.6 is 0 Å². The van der Waals surface area contributed by atoms with Crippen LogP contribution in [0.4, 0.5) is 0 Å². The highest BCUT2D eigenvalue weighted by Crippen LogP contribution is 2.20. The normalized spacial score (nSPS) is 10.4. The number of rotatable bonds is 8. The summed E-state index contributed by atoms with van der Waals surface area (Å²) in [4.78, 5) is 16.7. The van der Waals surface area contributed by atoms with E-state index in [1.165, 1.54) is 0 Å². The minimum atomic E-state index is -0.259. The second-order valence-corrected chi connectivity index (χ2v) is 6.20. The minimum Gasteiger partial charge on any atom is -0.497 e. The lowest BCUT2D eigenvalue weighted by molar-refractivity contribution is 0.0946. The first-order chi connectivity index (χ1) is 13.5. The number of carbonyl (C=O) groups is 1. The number of ether oxygens (including phenoxy) is 2. The summed E-state index contributed by atoms with van der Waals surface area (Å²) in [5, 5.41) is 6.70. The average molecular weight is 379 g/mol. The molecular weight excluding hydrogens is 358 g/mol. The summed E-state index contributed by atoms with van der Waals surface area (Å²) in [6, 6.07) is 14.2. The first kappa shape index (κ1) is 19.2. The fourth-order valence-corrected chi connectivity index (χ4v) is 2.38. The summed E-state index contributed by atoms with van der Waals surface area (Å²) >= 11 is 0. The van der Waals surface area contributed by atoms with Gasteiger partial charge in [-0.3, -0.25) is 4.79 Å². The van der Waals surface area contributed by atoms with E-state index in [2.05, 4.69) is 22.0 Å². The maximum atomic E-state index is 12.4. The van der Waals surface area contributed by atoms with Crippen molar-refractivity contribution in [2.75, 3.05) is 13.7 Å². The van der Waals surface area contributed by atoms with Gasteiger partial charge in [0.05, 0.1) is 13.7 Å². The van der Waals surface area contributed by atoms with Crippen molar-refractivity contribution < 1.29 is 18.8 Å². The Morgan fingerprint density at radius 2 is 1.96 bits per heavy atom. The molecular formula is C21H21N3O4. The highest BCUT2D eigenvalue weighted by Gasteiger charge is 2.12. The Morgan fingerprint density at radius 3 is 2.68 bits per heavy atom. The van der Waals surface area contributed by atoms with E-state index in [-0.39, 0.29) is 12.5 Å². The molecule has 7 nitrogen and oxygen atoms in total. The second kappa shape index (κ2) is 8.85. The summed E-state index contributed by atoms with van der Waals surface area (Å²) < 4.78 is 15.9. The molecule has 7 heteroatoms. The maximum absolute atomic E-state index is 12.4. The zero-order chi connectivity index (χ0) is 19.9. The van der Waals surface area contributed by atoms with E-state index >= 15 is 0 Å². The lowest BCUT2D eigenvalue weighted by Gasteiger charge is -2.07. The number of amides is 1. The molecule has 0 saturated carbocycles. The molecule has 1 aromatic heterocycles. The van der Waals surface area contributed by atoms with Crippen LogP contribution in [0.2, 0.25) is 0 Å². The number of carbonyl (C=O) groups excluding carboxylic acids is 1. The molecule has 28 heavy (non-hydrogen) atoms. The molecule has 0 aliphatic carbocycles. The summed E-state index contributed by atoms with van der Waals surface area (Å²) in [5.41, 5.74) is 2.18. The first-order valence-corrected chi connectivity index (χ1v) is 8.67. The highest BCUT2D eigenvalue weighted by molar-refractivity contribution is 5.94. The quantitative estimate of drug-likeness (QED) is 0.602. The molecule has 1 amide bonds. The van der Waals surface area contributed by atoms with Gasteiger partial charge in [0.2, 0.25) is 11.7 Å². The molecule has 0 aliphatic heterocycles. The van der Waals surface area contributed by atoms with E-state index in [4.69, 9.17) is 14.0 Å². The largest absolute Gasteiger partial charge is 0.497 e. The number of hydrogen-bond acceptors (Lipinski definition) is 6. The molecule has 3 rings (SSSR count). The number of aromatic nitrogens is 2. The van der Waals surface area contributed by atoms with Crippen LogP contribution < -0.4 is 14.8 Å². The molecule has 0 atom stereocenters. The predicted octanol–water partition coefficient (Wildman–Crippen LogP) is 3.63. The Hall–Kier alpha value is -3.61. The Morgan fingerprint density at radius 1 is 1.18 bits per heavy atom. The van der Waals surface area contributed by atoms with Crippen LogP contribution in [0.25, 0.3) is 11.4 Å². The van der Waals surface area contributed by atoms with Crippen molar-refractivity contribution in [2.24, 2.45) is 0 Å². The van der Waals surface area contributed by atoms with Crippen LogP contribution in [0.15, 0.2) is 65.2 Å². The van der Waals surface area contributed by atoms with Gasteiger partial charge in [-0.05, 0) is 55.0 Å². The van der Waals surface area contributed by atoms with Crippen LogP contribution in [0.1, 0.15) is 23.2 Å².